The van der Waals surface area contributed by atoms with E-state index in [0.29, 0.717) is 10.6 Å². The van der Waals surface area contributed by atoms with Gasteiger partial charge in [-0.1, -0.05) is 61.3 Å². The molecular weight excluding hydrogens is 370 g/mol. The Bertz CT molecular complexity index is 1010. The Morgan fingerprint density at radius 2 is 1.61 bits per heavy atom. The topological polar surface area (TPSA) is 29.5 Å². The number of fused-ring (bicyclic) bond motifs is 1. The van der Waals surface area contributed by atoms with Gasteiger partial charge >= 0.3 is 0 Å². The molecular formula is C24H22ClNO2. The van der Waals surface area contributed by atoms with Crippen molar-refractivity contribution in [3.63, 3.8) is 0 Å². The highest BCUT2D eigenvalue weighted by Crippen LogP contribution is 2.46. The molecule has 1 aliphatic heterocycles. The highest BCUT2D eigenvalue weighted by molar-refractivity contribution is 6.30. The maximum absolute atomic E-state index is 13.5. The number of carbonyl (C=O) groups is 1. The number of benzene rings is 3. The molecule has 1 amide bonds. The van der Waals surface area contributed by atoms with E-state index < -0.39 is 6.23 Å². The summed E-state index contributed by atoms with van der Waals surface area (Å²) >= 11 is 6.00. The Morgan fingerprint density at radius 1 is 0.964 bits per heavy atom. The van der Waals surface area contributed by atoms with E-state index in [1.165, 1.54) is 0 Å². The van der Waals surface area contributed by atoms with Crippen molar-refractivity contribution in [3.8, 4) is 5.75 Å². The quantitative estimate of drug-likeness (QED) is 0.548. The molecule has 28 heavy (non-hydrogen) atoms. The summed E-state index contributed by atoms with van der Waals surface area (Å²) in [6.07, 6.45) is -0.462. The zero-order valence-corrected chi connectivity index (χ0v) is 16.9. The van der Waals surface area contributed by atoms with Crippen LogP contribution in [0.15, 0.2) is 72.8 Å². The lowest BCUT2D eigenvalue weighted by atomic mass is 9.85. The first-order valence-electron chi connectivity index (χ1n) is 9.30. The molecule has 3 aromatic rings. The largest absolute Gasteiger partial charge is 0.469 e. The van der Waals surface area contributed by atoms with E-state index in [4.69, 9.17) is 16.3 Å². The zero-order chi connectivity index (χ0) is 19.9. The van der Waals surface area contributed by atoms with Crippen LogP contribution in [-0.2, 0) is 5.41 Å². The maximum atomic E-state index is 13.5. The third kappa shape index (κ3) is 3.16. The van der Waals surface area contributed by atoms with Gasteiger partial charge in [0.2, 0.25) is 0 Å². The van der Waals surface area contributed by atoms with E-state index in [2.05, 4.69) is 19.9 Å². The molecule has 0 radical (unpaired) electrons. The van der Waals surface area contributed by atoms with Gasteiger partial charge in [-0.2, -0.15) is 0 Å². The van der Waals surface area contributed by atoms with Gasteiger partial charge in [-0.15, -0.1) is 0 Å². The van der Waals surface area contributed by atoms with E-state index in [0.717, 1.165) is 22.6 Å². The first-order chi connectivity index (χ1) is 13.4. The molecule has 142 valence electrons. The normalized spacial score (nSPS) is 17.3. The molecule has 0 saturated heterocycles. The lowest BCUT2D eigenvalue weighted by Crippen LogP contribution is -2.48. The number of anilines is 1. The third-order valence-corrected chi connectivity index (χ3v) is 5.54. The summed E-state index contributed by atoms with van der Waals surface area (Å²) < 4.78 is 6.39. The molecule has 3 nitrogen and oxygen atoms in total. The third-order valence-electron chi connectivity index (χ3n) is 5.29. The van der Waals surface area contributed by atoms with Gasteiger partial charge in [-0.05, 0) is 55.0 Å². The number of hydrogen-bond acceptors (Lipinski definition) is 2. The van der Waals surface area contributed by atoms with Gasteiger partial charge in [0, 0.05) is 16.0 Å². The van der Waals surface area contributed by atoms with Crippen LogP contribution in [0.1, 0.15) is 35.3 Å². The molecule has 0 fully saturated rings. The molecule has 0 aliphatic carbocycles. The summed E-state index contributed by atoms with van der Waals surface area (Å²) in [5.74, 6) is 0.636. The maximum Gasteiger partial charge on any atom is 0.261 e. The van der Waals surface area contributed by atoms with Crippen molar-refractivity contribution < 1.29 is 9.53 Å². The molecule has 0 saturated carbocycles. The van der Waals surface area contributed by atoms with Crippen molar-refractivity contribution in [2.45, 2.75) is 32.4 Å². The van der Waals surface area contributed by atoms with Crippen LogP contribution in [0, 0.1) is 6.92 Å². The van der Waals surface area contributed by atoms with Crippen LogP contribution in [0.4, 0.5) is 5.69 Å². The minimum atomic E-state index is -0.462. The summed E-state index contributed by atoms with van der Waals surface area (Å²) in [6.45, 7) is 6.26. The van der Waals surface area contributed by atoms with Gasteiger partial charge < -0.3 is 4.74 Å². The molecule has 4 heteroatoms. The summed E-state index contributed by atoms with van der Waals surface area (Å²) in [7, 11) is 0. The Balaban J connectivity index is 1.78. The fraction of sp³-hybridized carbons (Fsp3) is 0.208. The molecule has 0 spiro atoms. The minimum absolute atomic E-state index is 0.105. The first kappa shape index (κ1) is 18.6. The smallest absolute Gasteiger partial charge is 0.261 e. The molecule has 0 aromatic heterocycles. The molecule has 1 atom stereocenters. The summed E-state index contributed by atoms with van der Waals surface area (Å²) in [4.78, 5) is 15.2. The molecule has 3 aromatic carbocycles. The predicted octanol–water partition coefficient (Wildman–Crippen LogP) is 5.99. The molecule has 0 N–H and O–H groups in total. The van der Waals surface area contributed by atoms with E-state index in [9.17, 15) is 4.79 Å². The van der Waals surface area contributed by atoms with Gasteiger partial charge in [0.1, 0.15) is 5.75 Å². The average Bonchev–Trinajstić information content (AvgIpc) is 2.91. The van der Waals surface area contributed by atoms with Crippen LogP contribution in [0.5, 0.6) is 5.75 Å². The number of amides is 1. The highest BCUT2D eigenvalue weighted by atomic mass is 35.5. The van der Waals surface area contributed by atoms with E-state index in [-0.39, 0.29) is 11.3 Å². The number of aryl methyl sites for hydroxylation is 1. The number of rotatable bonds is 3. The number of para-hydroxylation sites is 1. The van der Waals surface area contributed by atoms with Crippen LogP contribution < -0.4 is 9.64 Å². The number of halogens is 1. The molecule has 4 rings (SSSR count). The Kier molecular flexibility index (Phi) is 4.64. The standard InChI is InChI=1S/C24H22ClNO2/c1-16-8-14-19(15-9-16)28-23-24(2,3)20-6-4-5-7-21(20)26(23)22(27)17-10-12-18(25)13-11-17/h4-15,23H,1-3H3. The second kappa shape index (κ2) is 6.99. The lowest BCUT2D eigenvalue weighted by Gasteiger charge is -2.33. The van der Waals surface area contributed by atoms with Gasteiger partial charge in [0.15, 0.2) is 6.23 Å². The predicted molar refractivity (Wildman–Crippen MR) is 113 cm³/mol. The summed E-state index contributed by atoms with van der Waals surface area (Å²) in [5.41, 5.74) is 3.34. The number of carbonyl (C=O) groups excluding carboxylic acids is 1. The Morgan fingerprint density at radius 3 is 2.29 bits per heavy atom. The van der Waals surface area contributed by atoms with Gasteiger partial charge in [0.05, 0.1) is 5.69 Å². The van der Waals surface area contributed by atoms with Crippen molar-refractivity contribution >= 4 is 23.2 Å². The van der Waals surface area contributed by atoms with E-state index >= 15 is 0 Å². The first-order valence-corrected chi connectivity index (χ1v) is 9.68. The molecule has 1 heterocycles. The van der Waals surface area contributed by atoms with E-state index in [1.807, 2.05) is 49.4 Å². The van der Waals surface area contributed by atoms with Crippen molar-refractivity contribution in [1.29, 1.82) is 0 Å². The second-order valence-electron chi connectivity index (χ2n) is 7.70. The van der Waals surface area contributed by atoms with Crippen molar-refractivity contribution in [3.05, 3.63) is 94.5 Å². The minimum Gasteiger partial charge on any atom is -0.469 e. The lowest BCUT2D eigenvalue weighted by molar-refractivity contribution is 0.0848. The summed E-state index contributed by atoms with van der Waals surface area (Å²) in [6, 6.07) is 22.9. The number of nitrogens with zero attached hydrogens (tertiary/aromatic N) is 1. The van der Waals surface area contributed by atoms with Crippen molar-refractivity contribution in [2.24, 2.45) is 0 Å². The second-order valence-corrected chi connectivity index (χ2v) is 8.14. The fourth-order valence-electron chi connectivity index (χ4n) is 3.70. The van der Waals surface area contributed by atoms with Crippen LogP contribution >= 0.6 is 11.6 Å². The van der Waals surface area contributed by atoms with Gasteiger partial charge in [-0.3, -0.25) is 9.69 Å². The van der Waals surface area contributed by atoms with Crippen LogP contribution in [0.2, 0.25) is 5.02 Å². The van der Waals surface area contributed by atoms with Gasteiger partial charge in [-0.25, -0.2) is 0 Å². The average molecular weight is 392 g/mol. The highest BCUT2D eigenvalue weighted by Gasteiger charge is 2.49. The van der Waals surface area contributed by atoms with Crippen LogP contribution in [0.25, 0.3) is 0 Å². The SMILES string of the molecule is Cc1ccc(OC2N(C(=O)c3ccc(Cl)cc3)c3ccccc3C2(C)C)cc1. The van der Waals surface area contributed by atoms with Crippen LogP contribution in [-0.4, -0.2) is 12.1 Å². The number of hydrogen-bond donors (Lipinski definition) is 0. The summed E-state index contributed by atoms with van der Waals surface area (Å²) in [5, 5.41) is 0.603. The van der Waals surface area contributed by atoms with Crippen LogP contribution in [0.3, 0.4) is 0 Å². The Hall–Kier alpha value is -2.78. The molecule has 1 aliphatic rings. The molecule has 1 unspecified atom stereocenters. The Labute approximate surface area is 170 Å². The van der Waals surface area contributed by atoms with Gasteiger partial charge in [0.25, 0.3) is 5.91 Å². The zero-order valence-electron chi connectivity index (χ0n) is 16.1. The van der Waals surface area contributed by atoms with Crippen molar-refractivity contribution in [2.75, 3.05) is 4.90 Å². The molecule has 0 bridgehead atoms. The number of ether oxygens (including phenoxy) is 1. The fourth-order valence-corrected chi connectivity index (χ4v) is 3.83. The van der Waals surface area contributed by atoms with Crippen molar-refractivity contribution in [1.82, 2.24) is 0 Å². The monoisotopic (exact) mass is 391 g/mol. The van der Waals surface area contributed by atoms with E-state index in [1.54, 1.807) is 29.2 Å².